The molecule has 0 atom stereocenters. The summed E-state index contributed by atoms with van der Waals surface area (Å²) in [4.78, 5) is 30.5. The average molecular weight is 376 g/mol. The molecule has 0 radical (unpaired) electrons. The second-order valence-corrected chi connectivity index (χ2v) is 6.48. The molecule has 26 heavy (non-hydrogen) atoms. The fourth-order valence-corrected chi connectivity index (χ4v) is 3.20. The summed E-state index contributed by atoms with van der Waals surface area (Å²) in [6, 6.07) is 6.78. The average Bonchev–Trinajstić information content (AvgIpc) is 3.16. The van der Waals surface area contributed by atoms with Crippen molar-refractivity contribution in [2.75, 3.05) is 38.7 Å². The molecule has 2 aromatic rings. The van der Waals surface area contributed by atoms with Gasteiger partial charge in [-0.2, -0.15) is 0 Å². The van der Waals surface area contributed by atoms with Crippen LogP contribution >= 0.6 is 11.3 Å². The van der Waals surface area contributed by atoms with E-state index < -0.39 is 0 Å². The van der Waals surface area contributed by atoms with Crippen molar-refractivity contribution in [3.05, 3.63) is 40.3 Å². The summed E-state index contributed by atoms with van der Waals surface area (Å²) >= 11 is 1.34. The monoisotopic (exact) mass is 376 g/mol. The van der Waals surface area contributed by atoms with Gasteiger partial charge < -0.3 is 25.0 Å². The lowest BCUT2D eigenvalue weighted by Gasteiger charge is -2.25. The van der Waals surface area contributed by atoms with Crippen molar-refractivity contribution >= 4 is 29.0 Å². The minimum Gasteiger partial charge on any atom is -0.495 e. The van der Waals surface area contributed by atoms with Crippen LogP contribution in [0.4, 0.5) is 10.5 Å². The van der Waals surface area contributed by atoms with Gasteiger partial charge in [0.2, 0.25) is 0 Å². The maximum Gasteiger partial charge on any atom is 0.319 e. The molecule has 2 heterocycles. The molecule has 9 heteroatoms. The summed E-state index contributed by atoms with van der Waals surface area (Å²) in [6.07, 6.45) is 0. The highest BCUT2D eigenvalue weighted by Gasteiger charge is 2.21. The zero-order valence-electron chi connectivity index (χ0n) is 14.4. The standard InChI is InChI=1S/C17H20N4O4S/c1-24-14-5-3-2-4-12(14)20-17(23)18-10-15-19-13(11-26-15)16(22)21-6-8-25-9-7-21/h2-5,11H,6-10H2,1H3,(H2,18,20,23). The molecule has 1 aromatic heterocycles. The van der Waals surface area contributed by atoms with Crippen molar-refractivity contribution in [2.45, 2.75) is 6.54 Å². The number of ether oxygens (including phenoxy) is 2. The lowest BCUT2D eigenvalue weighted by atomic mass is 10.3. The smallest absolute Gasteiger partial charge is 0.319 e. The van der Waals surface area contributed by atoms with E-state index in [0.717, 1.165) is 0 Å². The first-order chi connectivity index (χ1) is 12.7. The van der Waals surface area contributed by atoms with E-state index in [1.54, 1.807) is 29.5 Å². The Morgan fingerprint density at radius 3 is 2.85 bits per heavy atom. The molecule has 0 saturated carbocycles. The Morgan fingerprint density at radius 2 is 2.08 bits per heavy atom. The van der Waals surface area contributed by atoms with Crippen LogP contribution in [0.1, 0.15) is 15.5 Å². The van der Waals surface area contributed by atoms with Crippen LogP contribution in [0.15, 0.2) is 29.6 Å². The molecule has 1 fully saturated rings. The molecule has 0 spiro atoms. The number of para-hydroxylation sites is 2. The summed E-state index contributed by atoms with van der Waals surface area (Å²) in [5, 5.41) is 7.83. The number of anilines is 1. The molecule has 1 aliphatic heterocycles. The van der Waals surface area contributed by atoms with Crippen molar-refractivity contribution in [2.24, 2.45) is 0 Å². The van der Waals surface area contributed by atoms with Gasteiger partial charge in [0.25, 0.3) is 5.91 Å². The van der Waals surface area contributed by atoms with E-state index in [9.17, 15) is 9.59 Å². The molecular weight excluding hydrogens is 356 g/mol. The predicted molar refractivity (Wildman–Crippen MR) is 97.7 cm³/mol. The maximum atomic E-state index is 12.4. The first-order valence-corrected chi connectivity index (χ1v) is 9.04. The second-order valence-electron chi connectivity index (χ2n) is 5.54. The Kier molecular flexibility index (Phi) is 6.03. The van der Waals surface area contributed by atoms with E-state index in [0.29, 0.717) is 48.4 Å². The maximum absolute atomic E-state index is 12.4. The van der Waals surface area contributed by atoms with Gasteiger partial charge in [0, 0.05) is 18.5 Å². The number of thiazole rings is 1. The van der Waals surface area contributed by atoms with Gasteiger partial charge in [-0.25, -0.2) is 9.78 Å². The number of hydrogen-bond donors (Lipinski definition) is 2. The summed E-state index contributed by atoms with van der Waals surface area (Å²) in [6.45, 7) is 2.49. The van der Waals surface area contributed by atoms with Crippen molar-refractivity contribution < 1.29 is 19.1 Å². The molecule has 3 rings (SSSR count). The number of nitrogens with one attached hydrogen (secondary N) is 2. The Balaban J connectivity index is 1.52. The number of amides is 3. The number of hydrogen-bond acceptors (Lipinski definition) is 6. The Labute approximate surface area is 155 Å². The number of methoxy groups -OCH3 is 1. The summed E-state index contributed by atoms with van der Waals surface area (Å²) in [5.74, 6) is 0.476. The number of carbonyl (C=O) groups excluding carboxylic acids is 2. The van der Waals surface area contributed by atoms with Gasteiger partial charge in [0.1, 0.15) is 16.5 Å². The minimum absolute atomic E-state index is 0.103. The number of morpholine rings is 1. The highest BCUT2D eigenvalue weighted by atomic mass is 32.1. The van der Waals surface area contributed by atoms with Crippen LogP contribution in [0.2, 0.25) is 0 Å². The zero-order valence-corrected chi connectivity index (χ0v) is 15.2. The van der Waals surface area contributed by atoms with Crippen molar-refractivity contribution in [3.8, 4) is 5.75 Å². The lowest BCUT2D eigenvalue weighted by molar-refractivity contribution is 0.0299. The number of urea groups is 1. The molecule has 3 amide bonds. The van der Waals surface area contributed by atoms with E-state index in [2.05, 4.69) is 15.6 Å². The normalized spacial score (nSPS) is 14.0. The third-order valence-electron chi connectivity index (χ3n) is 3.82. The summed E-state index contributed by atoms with van der Waals surface area (Å²) < 4.78 is 10.4. The fourth-order valence-electron chi connectivity index (χ4n) is 2.49. The van der Waals surface area contributed by atoms with Gasteiger partial charge >= 0.3 is 6.03 Å². The van der Waals surface area contributed by atoms with Gasteiger partial charge in [0.15, 0.2) is 0 Å². The van der Waals surface area contributed by atoms with Gasteiger partial charge in [-0.3, -0.25) is 4.79 Å². The molecule has 1 saturated heterocycles. The van der Waals surface area contributed by atoms with E-state index in [1.165, 1.54) is 11.3 Å². The van der Waals surface area contributed by atoms with Crippen LogP contribution in [0, 0.1) is 0 Å². The fraction of sp³-hybridized carbons (Fsp3) is 0.353. The third-order valence-corrected chi connectivity index (χ3v) is 4.67. The van der Waals surface area contributed by atoms with Crippen molar-refractivity contribution in [1.82, 2.24) is 15.2 Å². The van der Waals surface area contributed by atoms with Gasteiger partial charge in [-0.15, -0.1) is 11.3 Å². The van der Waals surface area contributed by atoms with E-state index in [1.807, 2.05) is 12.1 Å². The number of aromatic nitrogens is 1. The van der Waals surface area contributed by atoms with E-state index in [-0.39, 0.29) is 18.5 Å². The summed E-state index contributed by atoms with van der Waals surface area (Å²) in [7, 11) is 1.54. The summed E-state index contributed by atoms with van der Waals surface area (Å²) in [5.41, 5.74) is 0.980. The lowest BCUT2D eigenvalue weighted by Crippen LogP contribution is -2.40. The molecule has 1 aliphatic rings. The van der Waals surface area contributed by atoms with Crippen LogP contribution in [0.5, 0.6) is 5.75 Å². The highest BCUT2D eigenvalue weighted by molar-refractivity contribution is 7.09. The van der Waals surface area contributed by atoms with Gasteiger partial charge in [-0.1, -0.05) is 12.1 Å². The van der Waals surface area contributed by atoms with Crippen LogP contribution in [-0.4, -0.2) is 55.2 Å². The first kappa shape index (κ1) is 18.2. The SMILES string of the molecule is COc1ccccc1NC(=O)NCc1nc(C(=O)N2CCOCC2)cs1. The topological polar surface area (TPSA) is 92.8 Å². The van der Waals surface area contributed by atoms with Gasteiger partial charge in [0.05, 0.1) is 32.6 Å². The number of benzene rings is 1. The van der Waals surface area contributed by atoms with E-state index in [4.69, 9.17) is 9.47 Å². The molecule has 1 aromatic carbocycles. The highest BCUT2D eigenvalue weighted by Crippen LogP contribution is 2.22. The molecule has 0 unspecified atom stereocenters. The van der Waals surface area contributed by atoms with Crippen molar-refractivity contribution in [3.63, 3.8) is 0 Å². The Hall–Kier alpha value is -2.65. The number of rotatable bonds is 5. The van der Waals surface area contributed by atoms with Crippen LogP contribution in [0.25, 0.3) is 0 Å². The Bertz CT molecular complexity index is 774. The van der Waals surface area contributed by atoms with Crippen molar-refractivity contribution in [1.29, 1.82) is 0 Å². The quantitative estimate of drug-likeness (QED) is 0.832. The molecular formula is C17H20N4O4S. The number of nitrogens with zero attached hydrogens (tertiary/aromatic N) is 2. The van der Waals surface area contributed by atoms with Crippen LogP contribution in [0.3, 0.4) is 0 Å². The molecule has 0 bridgehead atoms. The largest absolute Gasteiger partial charge is 0.495 e. The Morgan fingerprint density at radius 1 is 1.31 bits per heavy atom. The molecule has 138 valence electrons. The van der Waals surface area contributed by atoms with Crippen LogP contribution in [-0.2, 0) is 11.3 Å². The number of carbonyl (C=O) groups is 2. The zero-order chi connectivity index (χ0) is 18.4. The van der Waals surface area contributed by atoms with Crippen LogP contribution < -0.4 is 15.4 Å². The molecule has 2 N–H and O–H groups in total. The third kappa shape index (κ3) is 4.50. The first-order valence-electron chi connectivity index (χ1n) is 8.16. The molecule has 8 nitrogen and oxygen atoms in total. The predicted octanol–water partition coefficient (Wildman–Crippen LogP) is 1.95. The minimum atomic E-state index is -0.370. The van der Waals surface area contributed by atoms with Gasteiger partial charge in [-0.05, 0) is 12.1 Å². The molecule has 0 aliphatic carbocycles. The van der Waals surface area contributed by atoms with E-state index >= 15 is 0 Å². The second kappa shape index (κ2) is 8.63.